The van der Waals surface area contributed by atoms with Crippen molar-refractivity contribution in [1.82, 2.24) is 4.98 Å². The third-order valence-corrected chi connectivity index (χ3v) is 4.24. The number of ether oxygens (including phenoxy) is 1. The van der Waals surface area contributed by atoms with Crippen molar-refractivity contribution in [3.8, 4) is 17.3 Å². The van der Waals surface area contributed by atoms with Crippen LogP contribution >= 0.6 is 11.3 Å². The molecular weight excluding hydrogens is 322 g/mol. The molecule has 1 heterocycles. The topological polar surface area (TPSA) is 63.0 Å². The zero-order valence-corrected chi connectivity index (χ0v) is 13.4. The fraction of sp³-hybridized carbons (Fsp3) is 0.312. The van der Waals surface area contributed by atoms with E-state index in [4.69, 9.17) is 4.74 Å². The average Bonchev–Trinajstić information content (AvgIpc) is 2.97. The van der Waals surface area contributed by atoms with E-state index in [0.29, 0.717) is 0 Å². The molecule has 120 valence electrons. The Morgan fingerprint density at radius 3 is 2.65 bits per heavy atom. The summed E-state index contributed by atoms with van der Waals surface area (Å²) in [6, 6.07) is 5.42. The van der Waals surface area contributed by atoms with Gasteiger partial charge in [0.05, 0.1) is 23.4 Å². The van der Waals surface area contributed by atoms with Crippen molar-refractivity contribution in [3.05, 3.63) is 40.2 Å². The molecule has 1 aromatic carbocycles. The molecule has 0 N–H and O–H groups in total. The van der Waals surface area contributed by atoms with Crippen molar-refractivity contribution in [3.63, 3.8) is 0 Å². The van der Waals surface area contributed by atoms with Crippen LogP contribution in [0.5, 0.6) is 0 Å². The fourth-order valence-corrected chi connectivity index (χ4v) is 2.90. The molecule has 4 nitrogen and oxygen atoms in total. The van der Waals surface area contributed by atoms with E-state index in [1.54, 1.807) is 6.92 Å². The number of ketones is 1. The molecule has 2 rings (SSSR count). The number of methoxy groups -OCH3 is 1. The lowest BCUT2D eigenvalue weighted by molar-refractivity contribution is -0.121. The van der Waals surface area contributed by atoms with Gasteiger partial charge < -0.3 is 4.74 Å². The van der Waals surface area contributed by atoms with Gasteiger partial charge >= 0.3 is 0 Å². The van der Waals surface area contributed by atoms with Crippen molar-refractivity contribution < 1.29 is 18.3 Å². The summed E-state index contributed by atoms with van der Waals surface area (Å²) in [5, 5.41) is 10.9. The Labute approximate surface area is 136 Å². The second-order valence-electron chi connectivity index (χ2n) is 4.95. The summed E-state index contributed by atoms with van der Waals surface area (Å²) in [6.07, 6.45) is -0.251. The number of carbonyl (C=O) groups excluding carboxylic acids is 1. The van der Waals surface area contributed by atoms with E-state index in [9.17, 15) is 18.8 Å². The molecule has 0 amide bonds. The lowest BCUT2D eigenvalue weighted by Crippen LogP contribution is -2.18. The molecule has 7 heteroatoms. The first-order valence-electron chi connectivity index (χ1n) is 6.82. The molecule has 0 spiro atoms. The van der Waals surface area contributed by atoms with E-state index < -0.39 is 17.6 Å². The second-order valence-corrected chi connectivity index (χ2v) is 5.84. The molecule has 0 aliphatic carbocycles. The van der Waals surface area contributed by atoms with E-state index in [0.717, 1.165) is 23.5 Å². The maximum Gasteiger partial charge on any atom is 0.159 e. The average molecular weight is 336 g/mol. The largest absolute Gasteiger partial charge is 0.381 e. The number of rotatable bonds is 6. The Bertz CT molecular complexity index is 735. The molecular formula is C16H14F2N2O2S. The van der Waals surface area contributed by atoms with Gasteiger partial charge in [-0.25, -0.2) is 13.8 Å². The fourth-order valence-electron chi connectivity index (χ4n) is 2.03. The number of hydrogen-bond donors (Lipinski definition) is 0. The van der Waals surface area contributed by atoms with Crippen LogP contribution in [0.3, 0.4) is 0 Å². The standard InChI is InChI=1S/C16H14F2N2O2S/c1-9(22-2)6-14(21)10(7-19)16-20-13(8-23-16)15-11(17)4-3-5-12(15)18/h3-5,8-10H,6H2,1-2H3/t9-,10-/m1/s1. The van der Waals surface area contributed by atoms with Crippen LogP contribution < -0.4 is 0 Å². The minimum Gasteiger partial charge on any atom is -0.381 e. The summed E-state index contributed by atoms with van der Waals surface area (Å²) in [4.78, 5) is 16.2. The van der Waals surface area contributed by atoms with Crippen molar-refractivity contribution in [2.45, 2.75) is 25.4 Å². The van der Waals surface area contributed by atoms with Gasteiger partial charge in [-0.1, -0.05) is 6.07 Å². The molecule has 2 aromatic rings. The summed E-state index contributed by atoms with van der Waals surface area (Å²) in [5.41, 5.74) is -0.183. The van der Waals surface area contributed by atoms with Crippen LogP contribution in [-0.4, -0.2) is 24.0 Å². The van der Waals surface area contributed by atoms with Crippen LogP contribution in [0, 0.1) is 23.0 Å². The zero-order valence-electron chi connectivity index (χ0n) is 12.5. The van der Waals surface area contributed by atoms with Crippen LogP contribution in [-0.2, 0) is 9.53 Å². The number of halogens is 2. The lowest BCUT2D eigenvalue weighted by Gasteiger charge is -2.10. The highest BCUT2D eigenvalue weighted by molar-refractivity contribution is 7.10. The molecule has 0 aliphatic rings. The number of hydrogen-bond acceptors (Lipinski definition) is 5. The van der Waals surface area contributed by atoms with Gasteiger partial charge in [-0.2, -0.15) is 5.26 Å². The Kier molecular flexibility index (Phi) is 5.53. The molecule has 0 fully saturated rings. The second kappa shape index (κ2) is 7.40. The smallest absolute Gasteiger partial charge is 0.159 e. The summed E-state index contributed by atoms with van der Waals surface area (Å²) < 4.78 is 32.6. The molecule has 23 heavy (non-hydrogen) atoms. The van der Waals surface area contributed by atoms with Gasteiger partial charge in [-0.15, -0.1) is 11.3 Å². The molecule has 0 saturated carbocycles. The summed E-state index contributed by atoms with van der Waals surface area (Å²) in [7, 11) is 1.47. The highest BCUT2D eigenvalue weighted by Gasteiger charge is 2.26. The number of carbonyl (C=O) groups is 1. The van der Waals surface area contributed by atoms with Crippen molar-refractivity contribution in [1.29, 1.82) is 5.26 Å². The van der Waals surface area contributed by atoms with Gasteiger partial charge in [0.25, 0.3) is 0 Å². The lowest BCUT2D eigenvalue weighted by atomic mass is 10.0. The molecule has 0 radical (unpaired) electrons. The number of thiazole rings is 1. The van der Waals surface area contributed by atoms with E-state index in [1.807, 2.05) is 6.07 Å². The van der Waals surface area contributed by atoms with Crippen molar-refractivity contribution in [2.24, 2.45) is 0 Å². The minimum absolute atomic E-state index is 0.0672. The maximum atomic E-state index is 13.8. The number of Topliss-reactive ketones (excluding diaryl/α,β-unsaturated/α-hetero) is 1. The summed E-state index contributed by atoms with van der Waals surface area (Å²) in [6.45, 7) is 1.72. The van der Waals surface area contributed by atoms with Crippen LogP contribution in [0.15, 0.2) is 23.6 Å². The molecule has 0 saturated heterocycles. The normalized spacial score (nSPS) is 13.3. The first-order chi connectivity index (χ1) is 11.0. The van der Waals surface area contributed by atoms with E-state index >= 15 is 0 Å². The Morgan fingerprint density at radius 2 is 2.09 bits per heavy atom. The highest BCUT2D eigenvalue weighted by atomic mass is 32.1. The maximum absolute atomic E-state index is 13.8. The van der Waals surface area contributed by atoms with Crippen LogP contribution in [0.2, 0.25) is 0 Å². The van der Waals surface area contributed by atoms with E-state index in [1.165, 1.54) is 18.6 Å². The third-order valence-electron chi connectivity index (χ3n) is 3.33. The molecule has 0 bridgehead atoms. The number of nitrogens with zero attached hydrogens (tertiary/aromatic N) is 2. The van der Waals surface area contributed by atoms with Crippen molar-refractivity contribution in [2.75, 3.05) is 7.11 Å². The van der Waals surface area contributed by atoms with Crippen LogP contribution in [0.1, 0.15) is 24.3 Å². The predicted octanol–water partition coefficient (Wildman–Crippen LogP) is 3.69. The van der Waals surface area contributed by atoms with Crippen LogP contribution in [0.4, 0.5) is 8.78 Å². The van der Waals surface area contributed by atoms with Gasteiger partial charge in [-0.05, 0) is 19.1 Å². The quantitative estimate of drug-likeness (QED) is 0.807. The molecule has 2 atom stereocenters. The monoisotopic (exact) mass is 336 g/mol. The minimum atomic E-state index is -1.07. The van der Waals surface area contributed by atoms with Crippen molar-refractivity contribution >= 4 is 17.1 Å². The highest BCUT2D eigenvalue weighted by Crippen LogP contribution is 2.30. The third kappa shape index (κ3) is 3.78. The summed E-state index contributed by atoms with van der Waals surface area (Å²) >= 11 is 1.03. The van der Waals surface area contributed by atoms with Gasteiger partial charge in [0.2, 0.25) is 0 Å². The van der Waals surface area contributed by atoms with E-state index in [-0.39, 0.29) is 34.6 Å². The number of aromatic nitrogens is 1. The zero-order chi connectivity index (χ0) is 17.0. The van der Waals surface area contributed by atoms with E-state index in [2.05, 4.69) is 4.98 Å². The summed E-state index contributed by atoms with van der Waals surface area (Å²) in [5.74, 6) is -2.89. The van der Waals surface area contributed by atoms with Gasteiger partial charge in [-0.3, -0.25) is 4.79 Å². The van der Waals surface area contributed by atoms with Gasteiger partial charge in [0.15, 0.2) is 11.7 Å². The molecule has 1 aromatic heterocycles. The molecule has 0 unspecified atom stereocenters. The number of benzene rings is 1. The first-order valence-corrected chi connectivity index (χ1v) is 7.70. The Balaban J connectivity index is 2.31. The molecule has 0 aliphatic heterocycles. The van der Waals surface area contributed by atoms with Crippen LogP contribution in [0.25, 0.3) is 11.3 Å². The number of nitriles is 1. The predicted molar refractivity (Wildman–Crippen MR) is 81.9 cm³/mol. The Morgan fingerprint density at radius 1 is 1.43 bits per heavy atom. The Hall–Kier alpha value is -2.17. The van der Waals surface area contributed by atoms with Gasteiger partial charge in [0, 0.05) is 18.9 Å². The SMILES string of the molecule is CO[C@H](C)CC(=O)[C@@H](C#N)c1nc(-c2c(F)cccc2F)cs1. The first kappa shape index (κ1) is 17.2. The van der Waals surface area contributed by atoms with Gasteiger partial charge in [0.1, 0.15) is 16.6 Å².